The second-order valence-electron chi connectivity index (χ2n) is 8.78. The molecule has 0 unspecified atom stereocenters. The number of nitrogens with zero attached hydrogens (tertiary/aromatic N) is 2. The van der Waals surface area contributed by atoms with Crippen LogP contribution in [0.4, 0.5) is 5.69 Å². The minimum absolute atomic E-state index is 0.0709. The summed E-state index contributed by atoms with van der Waals surface area (Å²) in [5.41, 5.74) is 0.966. The van der Waals surface area contributed by atoms with Gasteiger partial charge in [0.2, 0.25) is 15.9 Å². The van der Waals surface area contributed by atoms with Crippen molar-refractivity contribution in [3.05, 3.63) is 23.8 Å². The Kier molecular flexibility index (Phi) is 9.73. The first-order valence-corrected chi connectivity index (χ1v) is 13.8. The summed E-state index contributed by atoms with van der Waals surface area (Å²) in [6, 6.07) is 4.95. The van der Waals surface area contributed by atoms with Gasteiger partial charge in [0.15, 0.2) is 0 Å². The van der Waals surface area contributed by atoms with Gasteiger partial charge in [-0.05, 0) is 31.0 Å². The van der Waals surface area contributed by atoms with E-state index in [0.717, 1.165) is 25.7 Å². The van der Waals surface area contributed by atoms with Gasteiger partial charge in [0, 0.05) is 50.9 Å². The lowest BCUT2D eigenvalue weighted by molar-refractivity contribution is -0.121. The second kappa shape index (κ2) is 12.5. The molecule has 2 N–H and O–H groups in total. The first-order valence-electron chi connectivity index (χ1n) is 12.4. The molecule has 1 saturated heterocycles. The Labute approximate surface area is 203 Å². The monoisotopic (exact) mass is 494 g/mol. The molecule has 1 heterocycles. The fraction of sp³-hybridized carbons (Fsp3) is 0.667. The van der Waals surface area contributed by atoms with Crippen molar-refractivity contribution < 1.29 is 22.7 Å². The van der Waals surface area contributed by atoms with Crippen LogP contribution in [0.5, 0.6) is 0 Å². The minimum Gasteiger partial charge on any atom is -0.378 e. The third kappa shape index (κ3) is 6.70. The summed E-state index contributed by atoms with van der Waals surface area (Å²) in [4.78, 5) is 27.6. The van der Waals surface area contributed by atoms with Crippen molar-refractivity contribution >= 4 is 27.5 Å². The Morgan fingerprint density at radius 3 is 2.41 bits per heavy atom. The van der Waals surface area contributed by atoms with E-state index in [1.54, 1.807) is 26.0 Å². The molecule has 34 heavy (non-hydrogen) atoms. The van der Waals surface area contributed by atoms with E-state index in [4.69, 9.17) is 4.74 Å². The molecule has 2 amide bonds. The van der Waals surface area contributed by atoms with Gasteiger partial charge in [-0.15, -0.1) is 0 Å². The van der Waals surface area contributed by atoms with Crippen LogP contribution in [0.15, 0.2) is 23.1 Å². The van der Waals surface area contributed by atoms with Gasteiger partial charge in [-0.3, -0.25) is 9.59 Å². The maximum absolute atomic E-state index is 13.2. The molecule has 10 heteroatoms. The number of anilines is 1. The molecule has 190 valence electrons. The van der Waals surface area contributed by atoms with Gasteiger partial charge in [0.25, 0.3) is 5.91 Å². The van der Waals surface area contributed by atoms with Crippen molar-refractivity contribution in [3.8, 4) is 0 Å². The lowest BCUT2D eigenvalue weighted by atomic mass is 9.95. The van der Waals surface area contributed by atoms with E-state index in [9.17, 15) is 18.0 Å². The molecule has 2 fully saturated rings. The summed E-state index contributed by atoms with van der Waals surface area (Å²) < 4.78 is 32.9. The molecule has 0 bridgehead atoms. The van der Waals surface area contributed by atoms with Gasteiger partial charge in [-0.25, -0.2) is 8.42 Å². The number of sulfonamides is 1. The summed E-state index contributed by atoms with van der Waals surface area (Å²) >= 11 is 0. The normalized spacial score (nSPS) is 17.6. The van der Waals surface area contributed by atoms with Crippen LogP contribution in [0, 0.1) is 0 Å². The standard InChI is InChI=1S/C24H38N4O5S/c1-3-28(4-2)34(31,32)20-10-11-22(27-14-16-33-17-15-27)21(18-20)24(30)25-13-12-23(29)26-19-8-6-5-7-9-19/h10-11,18-19H,3-9,12-17H2,1-2H3,(H,25,30)(H,26,29). The fourth-order valence-electron chi connectivity index (χ4n) is 4.58. The Morgan fingerprint density at radius 1 is 1.09 bits per heavy atom. The number of rotatable bonds is 10. The summed E-state index contributed by atoms with van der Waals surface area (Å²) in [6.07, 6.45) is 5.70. The van der Waals surface area contributed by atoms with Crippen LogP contribution in [0.3, 0.4) is 0 Å². The number of hydrogen-bond acceptors (Lipinski definition) is 6. The molecule has 0 atom stereocenters. The molecule has 0 aromatic heterocycles. The average Bonchev–Trinajstić information content (AvgIpc) is 2.85. The predicted octanol–water partition coefficient (Wildman–Crippen LogP) is 2.12. The van der Waals surface area contributed by atoms with Gasteiger partial charge in [0.05, 0.1) is 23.7 Å². The van der Waals surface area contributed by atoms with Crippen molar-refractivity contribution in [1.29, 1.82) is 0 Å². The molecule has 1 aromatic carbocycles. The highest BCUT2D eigenvalue weighted by Gasteiger charge is 2.26. The van der Waals surface area contributed by atoms with Gasteiger partial charge in [-0.1, -0.05) is 33.1 Å². The fourth-order valence-corrected chi connectivity index (χ4v) is 6.07. The van der Waals surface area contributed by atoms with Crippen LogP contribution in [0.2, 0.25) is 0 Å². The van der Waals surface area contributed by atoms with Gasteiger partial charge >= 0.3 is 0 Å². The van der Waals surface area contributed by atoms with E-state index in [0.29, 0.717) is 50.6 Å². The highest BCUT2D eigenvalue weighted by Crippen LogP contribution is 2.27. The molecule has 0 radical (unpaired) electrons. The Balaban J connectivity index is 1.73. The number of morpholine rings is 1. The topological polar surface area (TPSA) is 108 Å². The predicted molar refractivity (Wildman–Crippen MR) is 132 cm³/mol. The zero-order valence-electron chi connectivity index (χ0n) is 20.3. The SMILES string of the molecule is CCN(CC)S(=O)(=O)c1ccc(N2CCOCC2)c(C(=O)NCCC(=O)NC2CCCCC2)c1. The van der Waals surface area contributed by atoms with E-state index < -0.39 is 10.0 Å². The van der Waals surface area contributed by atoms with Gasteiger partial charge in [-0.2, -0.15) is 4.31 Å². The molecule has 2 aliphatic rings. The van der Waals surface area contributed by atoms with Crippen LogP contribution in [-0.4, -0.2) is 76.5 Å². The van der Waals surface area contributed by atoms with E-state index >= 15 is 0 Å². The van der Waals surface area contributed by atoms with E-state index in [1.807, 2.05) is 4.90 Å². The Bertz CT molecular complexity index is 937. The number of hydrogen-bond donors (Lipinski definition) is 2. The molecule has 1 saturated carbocycles. The Morgan fingerprint density at radius 2 is 1.76 bits per heavy atom. The number of ether oxygens (including phenoxy) is 1. The molecule has 9 nitrogen and oxygen atoms in total. The van der Waals surface area contributed by atoms with Crippen molar-refractivity contribution in [2.75, 3.05) is 50.8 Å². The maximum atomic E-state index is 13.2. The van der Waals surface area contributed by atoms with Crippen LogP contribution >= 0.6 is 0 Å². The number of benzene rings is 1. The summed E-state index contributed by atoms with van der Waals surface area (Å²) in [5.74, 6) is -0.456. The van der Waals surface area contributed by atoms with Crippen molar-refractivity contribution in [3.63, 3.8) is 0 Å². The molecule has 0 spiro atoms. The Hall–Kier alpha value is -2.17. The molecule has 1 aliphatic heterocycles. The van der Waals surface area contributed by atoms with E-state index in [-0.39, 0.29) is 35.7 Å². The lowest BCUT2D eigenvalue weighted by Crippen LogP contribution is -2.39. The third-order valence-corrected chi connectivity index (χ3v) is 8.56. The van der Waals surface area contributed by atoms with E-state index in [1.165, 1.54) is 16.8 Å². The molecule has 1 aromatic rings. The van der Waals surface area contributed by atoms with Crippen molar-refractivity contribution in [2.24, 2.45) is 0 Å². The first-order chi connectivity index (χ1) is 16.4. The van der Waals surface area contributed by atoms with Crippen LogP contribution in [-0.2, 0) is 19.6 Å². The zero-order valence-corrected chi connectivity index (χ0v) is 21.2. The highest BCUT2D eigenvalue weighted by atomic mass is 32.2. The first kappa shape index (κ1) is 26.4. The average molecular weight is 495 g/mol. The summed E-state index contributed by atoms with van der Waals surface area (Å²) in [7, 11) is -3.71. The summed E-state index contributed by atoms with van der Waals surface area (Å²) in [6.45, 7) is 6.78. The van der Waals surface area contributed by atoms with Crippen molar-refractivity contribution in [2.45, 2.75) is 63.3 Å². The molecular weight excluding hydrogens is 456 g/mol. The largest absolute Gasteiger partial charge is 0.378 e. The molecular formula is C24H38N4O5S. The van der Waals surface area contributed by atoms with Gasteiger partial charge in [0.1, 0.15) is 0 Å². The number of nitrogens with one attached hydrogen (secondary N) is 2. The smallest absolute Gasteiger partial charge is 0.253 e. The number of carbonyl (C=O) groups is 2. The quantitative estimate of drug-likeness (QED) is 0.516. The number of amides is 2. The molecule has 3 rings (SSSR count). The summed E-state index contributed by atoms with van der Waals surface area (Å²) in [5, 5.41) is 5.87. The maximum Gasteiger partial charge on any atom is 0.253 e. The second-order valence-corrected chi connectivity index (χ2v) is 10.7. The van der Waals surface area contributed by atoms with Gasteiger partial charge < -0.3 is 20.3 Å². The number of carbonyl (C=O) groups excluding carboxylic acids is 2. The minimum atomic E-state index is -3.71. The third-order valence-electron chi connectivity index (χ3n) is 6.52. The highest BCUT2D eigenvalue weighted by molar-refractivity contribution is 7.89. The van der Waals surface area contributed by atoms with Crippen molar-refractivity contribution in [1.82, 2.24) is 14.9 Å². The van der Waals surface area contributed by atoms with Crippen LogP contribution < -0.4 is 15.5 Å². The zero-order chi connectivity index (χ0) is 24.6. The van der Waals surface area contributed by atoms with E-state index in [2.05, 4.69) is 10.6 Å². The molecule has 1 aliphatic carbocycles. The van der Waals surface area contributed by atoms with Crippen LogP contribution in [0.25, 0.3) is 0 Å². The van der Waals surface area contributed by atoms with Crippen LogP contribution in [0.1, 0.15) is 62.7 Å². The lowest BCUT2D eigenvalue weighted by Gasteiger charge is -2.30.